The molecule has 3 nitrogen and oxygen atoms in total. The average molecular weight is 489 g/mol. The Morgan fingerprint density at radius 2 is 1.37 bits per heavy atom. The predicted molar refractivity (Wildman–Crippen MR) is 149 cm³/mol. The van der Waals surface area contributed by atoms with Gasteiger partial charge in [0, 0.05) is 5.92 Å². The number of hydrogen-bond donors (Lipinski definition) is 0. The molecule has 3 rings (SSSR count). The van der Waals surface area contributed by atoms with Crippen molar-refractivity contribution in [1.29, 1.82) is 0 Å². The minimum Gasteiger partial charge on any atom is -0.497 e. The van der Waals surface area contributed by atoms with Crippen LogP contribution in [0.5, 0.6) is 5.75 Å². The molecule has 186 valence electrons. The van der Waals surface area contributed by atoms with Crippen LogP contribution in [-0.2, 0) is 15.8 Å². The lowest BCUT2D eigenvalue weighted by Gasteiger charge is -2.44. The van der Waals surface area contributed by atoms with Crippen LogP contribution in [0.15, 0.2) is 97.1 Å². The zero-order valence-electron chi connectivity index (χ0n) is 22.1. The standard InChI is InChI=1S/C31H40O3Si/c1-24(2)25(3)30(33-22-26-18-20-27(32-7)21-19-26)23-34-35(31(4,5)6,28-14-10-8-11-15-28)29-16-12-9-13-17-29/h8-21,25,30H,1,22-23H2,2-7H3/t25-,30+/m1/s1. The Morgan fingerprint density at radius 3 is 1.80 bits per heavy atom. The third-order valence-electron chi connectivity index (χ3n) is 6.84. The van der Waals surface area contributed by atoms with Crippen molar-refractivity contribution in [2.24, 2.45) is 5.92 Å². The highest BCUT2D eigenvalue weighted by Gasteiger charge is 2.50. The summed E-state index contributed by atoms with van der Waals surface area (Å²) in [6, 6.07) is 29.5. The van der Waals surface area contributed by atoms with Gasteiger partial charge in [0.25, 0.3) is 8.32 Å². The van der Waals surface area contributed by atoms with E-state index in [2.05, 4.69) is 102 Å². The molecule has 0 heterocycles. The van der Waals surface area contributed by atoms with E-state index < -0.39 is 8.32 Å². The normalized spacial score (nSPS) is 13.8. The van der Waals surface area contributed by atoms with Crippen molar-refractivity contribution < 1.29 is 13.9 Å². The van der Waals surface area contributed by atoms with E-state index in [0.717, 1.165) is 16.9 Å². The van der Waals surface area contributed by atoms with Crippen molar-refractivity contribution >= 4 is 18.7 Å². The maximum Gasteiger partial charge on any atom is 0.261 e. The molecule has 0 spiro atoms. The van der Waals surface area contributed by atoms with E-state index in [9.17, 15) is 0 Å². The summed E-state index contributed by atoms with van der Waals surface area (Å²) in [5.74, 6) is 1.00. The molecule has 4 heteroatoms. The van der Waals surface area contributed by atoms with Gasteiger partial charge in [-0.25, -0.2) is 0 Å². The SMILES string of the molecule is C=C(C)[C@@H](C)[C@H](CO[Si](c1ccccc1)(c1ccccc1)C(C)(C)C)OCc1ccc(OC)cc1. The van der Waals surface area contributed by atoms with Gasteiger partial charge in [-0.2, -0.15) is 0 Å². The van der Waals surface area contributed by atoms with Crippen LogP contribution >= 0.6 is 0 Å². The molecule has 2 atom stereocenters. The van der Waals surface area contributed by atoms with E-state index in [4.69, 9.17) is 13.9 Å². The highest BCUT2D eigenvalue weighted by Crippen LogP contribution is 2.37. The lowest BCUT2D eigenvalue weighted by molar-refractivity contribution is -0.0157. The van der Waals surface area contributed by atoms with E-state index in [0.29, 0.717) is 13.2 Å². The van der Waals surface area contributed by atoms with Gasteiger partial charge in [-0.1, -0.05) is 113 Å². The largest absolute Gasteiger partial charge is 0.497 e. The van der Waals surface area contributed by atoms with Crippen molar-refractivity contribution in [3.8, 4) is 5.75 Å². The Bertz CT molecular complexity index is 1020. The molecule has 0 saturated carbocycles. The molecule has 0 aliphatic heterocycles. The van der Waals surface area contributed by atoms with Crippen LogP contribution in [0.2, 0.25) is 5.04 Å². The third kappa shape index (κ3) is 6.32. The van der Waals surface area contributed by atoms with E-state index in [1.54, 1.807) is 7.11 Å². The van der Waals surface area contributed by atoms with E-state index >= 15 is 0 Å². The zero-order chi connectivity index (χ0) is 25.5. The Balaban J connectivity index is 1.94. The van der Waals surface area contributed by atoms with Gasteiger partial charge in [-0.3, -0.25) is 0 Å². The number of rotatable bonds is 11. The molecule has 0 unspecified atom stereocenters. The smallest absolute Gasteiger partial charge is 0.261 e. The molecular weight excluding hydrogens is 448 g/mol. The fraction of sp³-hybridized carbons (Fsp3) is 0.355. The van der Waals surface area contributed by atoms with Gasteiger partial charge in [0.1, 0.15) is 5.75 Å². The number of ether oxygens (including phenoxy) is 2. The second-order valence-electron chi connectivity index (χ2n) is 10.3. The molecular formula is C31H40O3Si. The first-order valence-corrected chi connectivity index (χ1v) is 14.2. The summed E-state index contributed by atoms with van der Waals surface area (Å²) in [6.45, 7) is 16.4. The number of benzene rings is 3. The van der Waals surface area contributed by atoms with Crippen LogP contribution in [0.1, 0.15) is 40.2 Å². The summed E-state index contributed by atoms with van der Waals surface area (Å²) in [5, 5.41) is 2.47. The molecule has 0 aromatic heterocycles. The second-order valence-corrected chi connectivity index (χ2v) is 14.6. The first-order valence-electron chi connectivity index (χ1n) is 12.3. The molecule has 3 aromatic carbocycles. The first-order chi connectivity index (χ1) is 16.7. The van der Waals surface area contributed by atoms with Crippen molar-refractivity contribution in [3.63, 3.8) is 0 Å². The summed E-state index contributed by atoms with van der Waals surface area (Å²) in [5.41, 5.74) is 2.20. The average Bonchev–Trinajstić information content (AvgIpc) is 2.86. The van der Waals surface area contributed by atoms with Crippen LogP contribution in [0.4, 0.5) is 0 Å². The predicted octanol–water partition coefficient (Wildman–Crippen LogP) is 6.37. The molecule has 0 bridgehead atoms. The van der Waals surface area contributed by atoms with Crippen LogP contribution < -0.4 is 15.1 Å². The molecule has 0 aliphatic rings. The van der Waals surface area contributed by atoms with Crippen LogP contribution in [0.25, 0.3) is 0 Å². The summed E-state index contributed by atoms with van der Waals surface area (Å²) in [6.07, 6.45) is -0.115. The van der Waals surface area contributed by atoms with Crippen molar-refractivity contribution in [1.82, 2.24) is 0 Å². The van der Waals surface area contributed by atoms with E-state index in [1.165, 1.54) is 10.4 Å². The molecule has 3 aromatic rings. The summed E-state index contributed by atoms with van der Waals surface area (Å²) < 4.78 is 19.0. The summed E-state index contributed by atoms with van der Waals surface area (Å²) >= 11 is 0. The number of hydrogen-bond acceptors (Lipinski definition) is 3. The maximum atomic E-state index is 7.18. The summed E-state index contributed by atoms with van der Waals surface area (Å²) in [7, 11) is -0.961. The molecule has 0 fully saturated rings. The Kier molecular flexibility index (Phi) is 9.12. The number of methoxy groups -OCH3 is 1. The molecule has 35 heavy (non-hydrogen) atoms. The second kappa shape index (κ2) is 11.8. The van der Waals surface area contributed by atoms with Gasteiger partial charge in [0.05, 0.1) is 26.4 Å². The van der Waals surface area contributed by atoms with Crippen LogP contribution in [0.3, 0.4) is 0 Å². The van der Waals surface area contributed by atoms with Crippen molar-refractivity contribution in [3.05, 3.63) is 103 Å². The van der Waals surface area contributed by atoms with Gasteiger partial charge in [-0.05, 0) is 40.0 Å². The Morgan fingerprint density at radius 1 is 0.857 bits per heavy atom. The van der Waals surface area contributed by atoms with Crippen LogP contribution in [0, 0.1) is 5.92 Å². The van der Waals surface area contributed by atoms with Crippen LogP contribution in [-0.4, -0.2) is 28.1 Å². The monoisotopic (exact) mass is 488 g/mol. The van der Waals surface area contributed by atoms with Gasteiger partial charge in [0.2, 0.25) is 0 Å². The molecule has 0 N–H and O–H groups in total. The van der Waals surface area contributed by atoms with Gasteiger partial charge in [-0.15, -0.1) is 0 Å². The molecule has 0 amide bonds. The quantitative estimate of drug-likeness (QED) is 0.232. The minimum atomic E-state index is -2.64. The van der Waals surface area contributed by atoms with Crippen molar-refractivity contribution in [2.75, 3.05) is 13.7 Å². The minimum absolute atomic E-state index is 0.0807. The lowest BCUT2D eigenvalue weighted by Crippen LogP contribution is -2.67. The zero-order valence-corrected chi connectivity index (χ0v) is 23.1. The highest BCUT2D eigenvalue weighted by molar-refractivity contribution is 6.99. The van der Waals surface area contributed by atoms with Gasteiger partial charge >= 0.3 is 0 Å². The maximum absolute atomic E-state index is 7.18. The highest BCUT2D eigenvalue weighted by atomic mass is 28.4. The molecule has 0 saturated heterocycles. The molecule has 0 aliphatic carbocycles. The fourth-order valence-corrected chi connectivity index (χ4v) is 9.12. The van der Waals surface area contributed by atoms with Gasteiger partial charge < -0.3 is 13.9 Å². The Labute approximate surface area is 212 Å². The van der Waals surface area contributed by atoms with E-state index in [1.807, 2.05) is 24.3 Å². The van der Waals surface area contributed by atoms with Crippen molar-refractivity contribution in [2.45, 2.75) is 52.4 Å². The van der Waals surface area contributed by atoms with Gasteiger partial charge in [0.15, 0.2) is 0 Å². The topological polar surface area (TPSA) is 27.7 Å². The fourth-order valence-electron chi connectivity index (χ4n) is 4.55. The summed E-state index contributed by atoms with van der Waals surface area (Å²) in [4.78, 5) is 0. The third-order valence-corrected chi connectivity index (χ3v) is 11.8. The Hall–Kier alpha value is -2.66. The molecule has 0 radical (unpaired) electrons. The first kappa shape index (κ1) is 26.9. The lowest BCUT2D eigenvalue weighted by atomic mass is 9.98. The van der Waals surface area contributed by atoms with E-state index in [-0.39, 0.29) is 17.1 Å².